The summed E-state index contributed by atoms with van der Waals surface area (Å²) in [6.07, 6.45) is 3.47. The molecular formula is C21H15ClN4OS. The summed E-state index contributed by atoms with van der Waals surface area (Å²) in [4.78, 5) is 21.0. The molecule has 28 heavy (non-hydrogen) atoms. The van der Waals surface area contributed by atoms with Gasteiger partial charge in [-0.25, -0.2) is 4.98 Å². The molecule has 4 aromatic rings. The molecule has 2 heterocycles. The lowest BCUT2D eigenvalue weighted by Crippen LogP contribution is -2.12. The average molecular weight is 407 g/mol. The quantitative estimate of drug-likeness (QED) is 0.436. The largest absolute Gasteiger partial charge is 0.330 e. The number of anilines is 3. The molecule has 0 radical (unpaired) electrons. The Morgan fingerprint density at radius 3 is 2.54 bits per heavy atom. The van der Waals surface area contributed by atoms with Crippen LogP contribution in [0.5, 0.6) is 0 Å². The van der Waals surface area contributed by atoms with E-state index in [0.717, 1.165) is 22.1 Å². The average Bonchev–Trinajstić information content (AvgIpc) is 3.18. The van der Waals surface area contributed by atoms with E-state index in [1.54, 1.807) is 36.7 Å². The first-order valence-corrected chi connectivity index (χ1v) is 9.74. The van der Waals surface area contributed by atoms with Crippen molar-refractivity contribution < 1.29 is 4.79 Å². The van der Waals surface area contributed by atoms with Crippen LogP contribution in [0.25, 0.3) is 11.3 Å². The number of hydrogen-bond donors (Lipinski definition) is 2. The van der Waals surface area contributed by atoms with Crippen molar-refractivity contribution in [3.63, 3.8) is 0 Å². The van der Waals surface area contributed by atoms with Gasteiger partial charge in [-0.3, -0.25) is 9.78 Å². The molecule has 0 aliphatic rings. The summed E-state index contributed by atoms with van der Waals surface area (Å²) in [5.41, 5.74) is 3.85. The first-order chi connectivity index (χ1) is 13.7. The number of aromatic nitrogens is 2. The van der Waals surface area contributed by atoms with Crippen molar-refractivity contribution in [1.82, 2.24) is 9.97 Å². The summed E-state index contributed by atoms with van der Waals surface area (Å²) < 4.78 is 0. The monoisotopic (exact) mass is 406 g/mol. The molecule has 1 amide bonds. The van der Waals surface area contributed by atoms with E-state index in [1.807, 2.05) is 41.8 Å². The lowest BCUT2D eigenvalue weighted by Gasteiger charge is -2.07. The summed E-state index contributed by atoms with van der Waals surface area (Å²) in [5.74, 6) is -0.241. The highest BCUT2D eigenvalue weighted by atomic mass is 35.5. The van der Waals surface area contributed by atoms with E-state index in [0.29, 0.717) is 16.3 Å². The van der Waals surface area contributed by atoms with Gasteiger partial charge in [-0.1, -0.05) is 35.9 Å². The van der Waals surface area contributed by atoms with Crippen molar-refractivity contribution in [3.8, 4) is 11.3 Å². The Bertz CT molecular complexity index is 1100. The van der Waals surface area contributed by atoms with Gasteiger partial charge in [0.25, 0.3) is 5.91 Å². The molecule has 0 fully saturated rings. The van der Waals surface area contributed by atoms with Crippen LogP contribution in [0, 0.1) is 0 Å². The molecular weight excluding hydrogens is 392 g/mol. The standard InChI is InChI=1S/C21H15ClN4OS/c22-18-6-2-1-5-17(18)20(27)24-15-9-7-14(8-10-15)19-13-28-21(26-19)25-16-4-3-11-23-12-16/h1-13H,(H,24,27)(H,25,26). The van der Waals surface area contributed by atoms with Gasteiger partial charge in [0.2, 0.25) is 0 Å². The maximum atomic E-state index is 12.3. The van der Waals surface area contributed by atoms with Crippen LogP contribution in [-0.4, -0.2) is 15.9 Å². The summed E-state index contributed by atoms with van der Waals surface area (Å²) in [7, 11) is 0. The van der Waals surface area contributed by atoms with Crippen LogP contribution in [-0.2, 0) is 0 Å². The first-order valence-electron chi connectivity index (χ1n) is 8.48. The minimum absolute atomic E-state index is 0.241. The fourth-order valence-corrected chi connectivity index (χ4v) is 3.55. The second-order valence-corrected chi connectivity index (χ2v) is 7.18. The molecule has 0 spiro atoms. The number of amides is 1. The Kier molecular flexibility index (Phi) is 5.32. The van der Waals surface area contributed by atoms with Crippen LogP contribution < -0.4 is 10.6 Å². The summed E-state index contributed by atoms with van der Waals surface area (Å²) in [5, 5.41) is 9.28. The third kappa shape index (κ3) is 4.19. The second kappa shape index (κ2) is 8.21. The lowest BCUT2D eigenvalue weighted by atomic mass is 10.1. The molecule has 138 valence electrons. The van der Waals surface area contributed by atoms with Crippen molar-refractivity contribution in [1.29, 1.82) is 0 Å². The maximum absolute atomic E-state index is 12.3. The van der Waals surface area contributed by atoms with Gasteiger partial charge in [-0.2, -0.15) is 0 Å². The van der Waals surface area contributed by atoms with E-state index in [4.69, 9.17) is 11.6 Å². The molecule has 0 aliphatic heterocycles. The Hall–Kier alpha value is -3.22. The fraction of sp³-hybridized carbons (Fsp3) is 0. The van der Waals surface area contributed by atoms with E-state index < -0.39 is 0 Å². The molecule has 5 nitrogen and oxygen atoms in total. The number of benzene rings is 2. The molecule has 0 saturated heterocycles. The fourth-order valence-electron chi connectivity index (χ4n) is 2.59. The number of carbonyl (C=O) groups is 1. The Balaban J connectivity index is 1.45. The van der Waals surface area contributed by atoms with E-state index in [-0.39, 0.29) is 5.91 Å². The molecule has 2 aromatic heterocycles. The molecule has 0 aliphatic carbocycles. The van der Waals surface area contributed by atoms with Crippen LogP contribution in [0.4, 0.5) is 16.5 Å². The van der Waals surface area contributed by atoms with E-state index in [9.17, 15) is 4.79 Å². The number of hydrogen-bond acceptors (Lipinski definition) is 5. The number of rotatable bonds is 5. The number of carbonyl (C=O) groups excluding carboxylic acids is 1. The normalized spacial score (nSPS) is 10.5. The Morgan fingerprint density at radius 1 is 0.964 bits per heavy atom. The van der Waals surface area contributed by atoms with E-state index in [1.165, 1.54) is 11.3 Å². The third-order valence-corrected chi connectivity index (χ3v) is 5.06. The van der Waals surface area contributed by atoms with Crippen molar-refractivity contribution in [3.05, 3.63) is 89.0 Å². The minimum Gasteiger partial charge on any atom is -0.330 e. The molecule has 0 atom stereocenters. The topological polar surface area (TPSA) is 66.9 Å². The number of thiazole rings is 1. The zero-order chi connectivity index (χ0) is 19.3. The highest BCUT2D eigenvalue weighted by Crippen LogP contribution is 2.28. The van der Waals surface area contributed by atoms with E-state index >= 15 is 0 Å². The molecule has 0 bridgehead atoms. The van der Waals surface area contributed by atoms with Gasteiger partial charge in [0.1, 0.15) is 0 Å². The second-order valence-electron chi connectivity index (χ2n) is 5.92. The smallest absolute Gasteiger partial charge is 0.257 e. The summed E-state index contributed by atoms with van der Waals surface area (Å²) >= 11 is 7.59. The van der Waals surface area contributed by atoms with Crippen LogP contribution in [0.2, 0.25) is 5.02 Å². The SMILES string of the molecule is O=C(Nc1ccc(-c2csc(Nc3cccnc3)n2)cc1)c1ccccc1Cl. The molecule has 0 unspecified atom stereocenters. The van der Waals surface area contributed by atoms with Crippen molar-refractivity contribution in [2.45, 2.75) is 0 Å². The van der Waals surface area contributed by atoms with Crippen molar-refractivity contribution in [2.75, 3.05) is 10.6 Å². The maximum Gasteiger partial charge on any atom is 0.257 e. The van der Waals surface area contributed by atoms with Gasteiger partial charge in [0.05, 0.1) is 28.2 Å². The third-order valence-electron chi connectivity index (χ3n) is 3.97. The van der Waals surface area contributed by atoms with Gasteiger partial charge >= 0.3 is 0 Å². The van der Waals surface area contributed by atoms with Gasteiger partial charge in [-0.05, 0) is 36.4 Å². The molecule has 7 heteroatoms. The van der Waals surface area contributed by atoms with E-state index in [2.05, 4.69) is 20.6 Å². The summed E-state index contributed by atoms with van der Waals surface area (Å²) in [6.45, 7) is 0. The number of nitrogens with zero attached hydrogens (tertiary/aromatic N) is 2. The molecule has 2 N–H and O–H groups in total. The zero-order valence-corrected chi connectivity index (χ0v) is 16.2. The highest BCUT2D eigenvalue weighted by Gasteiger charge is 2.10. The predicted octanol–water partition coefficient (Wildman–Crippen LogP) is 5.85. The zero-order valence-electron chi connectivity index (χ0n) is 14.6. The number of pyridine rings is 1. The molecule has 4 rings (SSSR count). The van der Waals surface area contributed by atoms with Crippen molar-refractivity contribution >= 4 is 45.4 Å². The van der Waals surface area contributed by atoms with Crippen molar-refractivity contribution in [2.24, 2.45) is 0 Å². The number of nitrogens with one attached hydrogen (secondary N) is 2. The van der Waals surface area contributed by atoms with Gasteiger partial charge in [0, 0.05) is 22.8 Å². The van der Waals surface area contributed by atoms with Crippen LogP contribution in [0.15, 0.2) is 78.4 Å². The summed E-state index contributed by atoms with van der Waals surface area (Å²) in [6, 6.07) is 18.3. The van der Waals surface area contributed by atoms with Crippen LogP contribution in [0.3, 0.4) is 0 Å². The van der Waals surface area contributed by atoms with Gasteiger partial charge in [0.15, 0.2) is 5.13 Å². The van der Waals surface area contributed by atoms with Gasteiger partial charge < -0.3 is 10.6 Å². The molecule has 2 aromatic carbocycles. The lowest BCUT2D eigenvalue weighted by molar-refractivity contribution is 0.102. The molecule has 0 saturated carbocycles. The minimum atomic E-state index is -0.241. The number of halogens is 1. The Labute approximate surface area is 171 Å². The van der Waals surface area contributed by atoms with Crippen LogP contribution in [0.1, 0.15) is 10.4 Å². The Morgan fingerprint density at radius 2 is 1.79 bits per heavy atom. The highest BCUT2D eigenvalue weighted by molar-refractivity contribution is 7.14. The first kappa shape index (κ1) is 18.2. The van der Waals surface area contributed by atoms with Crippen LogP contribution >= 0.6 is 22.9 Å². The van der Waals surface area contributed by atoms with Gasteiger partial charge in [-0.15, -0.1) is 11.3 Å². The predicted molar refractivity (Wildman–Crippen MR) is 114 cm³/mol.